The molecule has 0 amide bonds. The summed E-state index contributed by atoms with van der Waals surface area (Å²) >= 11 is 5.63. The summed E-state index contributed by atoms with van der Waals surface area (Å²) in [6, 6.07) is 6.45. The van der Waals surface area contributed by atoms with Gasteiger partial charge in [0.1, 0.15) is 31.5 Å². The van der Waals surface area contributed by atoms with Crippen molar-refractivity contribution in [2.24, 2.45) is 0 Å². The molecule has 0 radical (unpaired) electrons. The van der Waals surface area contributed by atoms with Crippen LogP contribution in [-0.4, -0.2) is 66.8 Å². The van der Waals surface area contributed by atoms with Gasteiger partial charge in [-0.2, -0.15) is 0 Å². The molecule has 132 valence electrons. The van der Waals surface area contributed by atoms with Gasteiger partial charge in [-0.05, 0) is 31.2 Å². The van der Waals surface area contributed by atoms with Gasteiger partial charge < -0.3 is 34.9 Å². The number of hydrogen-bond acceptors (Lipinski definition) is 6. The normalized spacial score (nSPS) is 11.6. The first-order chi connectivity index (χ1) is 10.9. The van der Waals surface area contributed by atoms with E-state index in [2.05, 4.69) is 0 Å². The van der Waals surface area contributed by atoms with Gasteiger partial charge in [0.25, 0.3) is 0 Å². The monoisotopic (exact) mass is 349 g/mol. The SMILES string of the molecule is CC(Oc1ccc(Cl)cc1)C(=O)[O-].OCC[NH+](CCO)CCO. The van der Waals surface area contributed by atoms with E-state index in [-0.39, 0.29) is 19.8 Å². The van der Waals surface area contributed by atoms with Crippen molar-refractivity contribution in [2.75, 3.05) is 39.5 Å². The Morgan fingerprint density at radius 1 is 1.13 bits per heavy atom. The van der Waals surface area contributed by atoms with Crippen LogP contribution in [0, 0.1) is 0 Å². The smallest absolute Gasteiger partial charge is 0.135 e. The predicted molar refractivity (Wildman–Crippen MR) is 83.4 cm³/mol. The number of aliphatic hydroxyl groups is 3. The summed E-state index contributed by atoms with van der Waals surface area (Å²) in [6.07, 6.45) is -0.957. The third-order valence-corrected chi connectivity index (χ3v) is 3.11. The average molecular weight is 350 g/mol. The Bertz CT molecular complexity index is 414. The Balaban J connectivity index is 0.000000438. The molecule has 1 aromatic rings. The molecule has 0 saturated heterocycles. The maximum atomic E-state index is 10.3. The highest BCUT2D eigenvalue weighted by Gasteiger charge is 2.04. The summed E-state index contributed by atoms with van der Waals surface area (Å²) in [4.78, 5) is 11.3. The van der Waals surface area contributed by atoms with Crippen molar-refractivity contribution in [3.05, 3.63) is 29.3 Å². The lowest BCUT2D eigenvalue weighted by atomic mass is 10.3. The van der Waals surface area contributed by atoms with Crippen molar-refractivity contribution in [2.45, 2.75) is 13.0 Å². The third kappa shape index (κ3) is 10.9. The number of hydrogen-bond donors (Lipinski definition) is 4. The summed E-state index contributed by atoms with van der Waals surface area (Å²) in [5.41, 5.74) is 0. The minimum Gasteiger partial charge on any atom is -0.546 e. The fourth-order valence-electron chi connectivity index (χ4n) is 1.61. The van der Waals surface area contributed by atoms with E-state index in [0.717, 1.165) is 4.90 Å². The second-order valence-electron chi connectivity index (χ2n) is 4.70. The molecular formula is C15H24ClNO6. The molecule has 7 nitrogen and oxygen atoms in total. The van der Waals surface area contributed by atoms with Crippen LogP contribution in [0.25, 0.3) is 0 Å². The molecule has 0 aromatic heterocycles. The van der Waals surface area contributed by atoms with Crippen LogP contribution in [0.3, 0.4) is 0 Å². The van der Waals surface area contributed by atoms with Gasteiger partial charge in [0.2, 0.25) is 0 Å². The van der Waals surface area contributed by atoms with Gasteiger partial charge in [0.15, 0.2) is 0 Å². The molecule has 0 spiro atoms. The van der Waals surface area contributed by atoms with Gasteiger partial charge in [-0.1, -0.05) is 11.6 Å². The number of carboxylic acids is 1. The molecule has 0 aliphatic carbocycles. The lowest BCUT2D eigenvalue weighted by Gasteiger charge is -2.15. The molecule has 0 heterocycles. The van der Waals surface area contributed by atoms with Gasteiger partial charge in [-0.15, -0.1) is 0 Å². The van der Waals surface area contributed by atoms with Crippen LogP contribution in [0.15, 0.2) is 24.3 Å². The zero-order valence-corrected chi connectivity index (χ0v) is 13.8. The largest absolute Gasteiger partial charge is 0.546 e. The fraction of sp³-hybridized carbons (Fsp3) is 0.533. The Hall–Kier alpha value is -1.38. The molecule has 23 heavy (non-hydrogen) atoms. The number of benzene rings is 1. The number of carbonyl (C=O) groups is 1. The molecule has 1 atom stereocenters. The fourth-order valence-corrected chi connectivity index (χ4v) is 1.74. The van der Waals surface area contributed by atoms with E-state index >= 15 is 0 Å². The van der Waals surface area contributed by atoms with Gasteiger partial charge >= 0.3 is 0 Å². The van der Waals surface area contributed by atoms with Gasteiger partial charge in [-0.25, -0.2) is 0 Å². The number of nitrogens with one attached hydrogen (secondary N) is 1. The lowest BCUT2D eigenvalue weighted by Crippen LogP contribution is -3.13. The minimum absolute atomic E-state index is 0.106. The highest BCUT2D eigenvalue weighted by molar-refractivity contribution is 6.30. The van der Waals surface area contributed by atoms with E-state index in [1.54, 1.807) is 24.3 Å². The number of carbonyl (C=O) groups excluding carboxylic acids is 1. The molecular weight excluding hydrogens is 326 g/mol. The van der Waals surface area contributed by atoms with Crippen LogP contribution < -0.4 is 14.7 Å². The highest BCUT2D eigenvalue weighted by Crippen LogP contribution is 2.16. The predicted octanol–water partition coefficient (Wildman–Crippen LogP) is -2.29. The average Bonchev–Trinajstić information content (AvgIpc) is 2.51. The zero-order chi connectivity index (χ0) is 17.7. The first kappa shape index (κ1) is 21.6. The van der Waals surface area contributed by atoms with E-state index < -0.39 is 12.1 Å². The topological polar surface area (TPSA) is 114 Å². The van der Waals surface area contributed by atoms with Crippen LogP contribution in [0.1, 0.15) is 6.92 Å². The van der Waals surface area contributed by atoms with Crippen molar-refractivity contribution in [1.82, 2.24) is 0 Å². The first-order valence-corrected chi connectivity index (χ1v) is 7.61. The standard InChI is InChI=1S/C9H9ClO3.C6H15NO3/c1-6(9(11)12)13-8-4-2-7(10)3-5-8;8-4-1-7(2-5-9)3-6-10/h2-6H,1H3,(H,11,12);8-10H,1-6H2. The Kier molecular flexibility index (Phi) is 12.3. The molecule has 0 aliphatic heterocycles. The van der Waals surface area contributed by atoms with E-state index in [9.17, 15) is 9.90 Å². The molecule has 0 fully saturated rings. The Morgan fingerprint density at radius 2 is 1.57 bits per heavy atom. The van der Waals surface area contributed by atoms with Crippen molar-refractivity contribution >= 4 is 17.6 Å². The maximum absolute atomic E-state index is 10.3. The quantitative estimate of drug-likeness (QED) is 0.399. The van der Waals surface area contributed by atoms with Gasteiger partial charge in [-0.3, -0.25) is 0 Å². The summed E-state index contributed by atoms with van der Waals surface area (Å²) < 4.78 is 5.01. The second-order valence-corrected chi connectivity index (χ2v) is 5.14. The Labute approximate surface area is 140 Å². The molecule has 0 bridgehead atoms. The van der Waals surface area contributed by atoms with Crippen molar-refractivity contribution in [1.29, 1.82) is 0 Å². The third-order valence-electron chi connectivity index (χ3n) is 2.85. The van der Waals surface area contributed by atoms with Crippen molar-refractivity contribution in [3.8, 4) is 5.75 Å². The summed E-state index contributed by atoms with van der Waals surface area (Å²) in [5, 5.41) is 36.4. The molecule has 8 heteroatoms. The molecule has 1 rings (SSSR count). The number of aliphatic hydroxyl groups excluding tert-OH is 3. The van der Waals surface area contributed by atoms with Crippen LogP contribution >= 0.6 is 11.6 Å². The lowest BCUT2D eigenvalue weighted by molar-refractivity contribution is -0.901. The summed E-state index contributed by atoms with van der Waals surface area (Å²) in [7, 11) is 0. The van der Waals surface area contributed by atoms with E-state index in [1.165, 1.54) is 6.92 Å². The number of carboxylic acid groups (broad SMARTS) is 1. The highest BCUT2D eigenvalue weighted by atomic mass is 35.5. The van der Waals surface area contributed by atoms with E-state index in [4.69, 9.17) is 31.7 Å². The zero-order valence-electron chi connectivity index (χ0n) is 13.1. The number of quaternary nitrogens is 1. The van der Waals surface area contributed by atoms with Crippen LogP contribution in [0.5, 0.6) is 5.75 Å². The van der Waals surface area contributed by atoms with Gasteiger partial charge in [0, 0.05) is 5.02 Å². The number of aliphatic carboxylic acids is 1. The number of halogens is 1. The van der Waals surface area contributed by atoms with E-state index in [0.29, 0.717) is 30.4 Å². The molecule has 0 aliphatic rings. The molecule has 0 saturated carbocycles. The molecule has 1 unspecified atom stereocenters. The maximum Gasteiger partial charge on any atom is 0.135 e. The van der Waals surface area contributed by atoms with E-state index in [1.807, 2.05) is 0 Å². The summed E-state index contributed by atoms with van der Waals surface area (Å²) in [5.74, 6) is -0.781. The molecule has 4 N–H and O–H groups in total. The van der Waals surface area contributed by atoms with Crippen LogP contribution in [0.2, 0.25) is 5.02 Å². The first-order valence-electron chi connectivity index (χ1n) is 7.23. The second kappa shape index (κ2) is 13.1. The summed E-state index contributed by atoms with van der Waals surface area (Å²) in [6.45, 7) is 3.52. The van der Waals surface area contributed by atoms with Crippen molar-refractivity contribution < 1.29 is 34.9 Å². The molecule has 1 aromatic carbocycles. The van der Waals surface area contributed by atoms with Crippen LogP contribution in [0.4, 0.5) is 0 Å². The number of ether oxygens (including phenoxy) is 1. The Morgan fingerprint density at radius 3 is 1.91 bits per heavy atom. The minimum atomic E-state index is -1.24. The van der Waals surface area contributed by atoms with Gasteiger partial charge in [0.05, 0.1) is 25.8 Å². The van der Waals surface area contributed by atoms with Crippen LogP contribution in [-0.2, 0) is 4.79 Å². The van der Waals surface area contributed by atoms with Crippen molar-refractivity contribution in [3.63, 3.8) is 0 Å². The number of rotatable bonds is 9.